The molecule has 1 N–H and O–H groups in total. The molecule has 3 aromatic carbocycles. The van der Waals surface area contributed by atoms with Crippen molar-refractivity contribution in [3.63, 3.8) is 0 Å². The highest BCUT2D eigenvalue weighted by Crippen LogP contribution is 2.37. The van der Waals surface area contributed by atoms with Gasteiger partial charge in [-0.05, 0) is 40.7 Å². The van der Waals surface area contributed by atoms with Crippen LogP contribution in [0.3, 0.4) is 0 Å². The fourth-order valence-corrected chi connectivity index (χ4v) is 4.67. The van der Waals surface area contributed by atoms with Crippen LogP contribution >= 0.6 is 0 Å². The third-order valence-corrected chi connectivity index (χ3v) is 7.04. The largest absolute Gasteiger partial charge is 0.497 e. The molecule has 1 aliphatic carbocycles. The molecule has 1 fully saturated rings. The van der Waals surface area contributed by atoms with E-state index in [1.165, 1.54) is 0 Å². The van der Waals surface area contributed by atoms with Crippen molar-refractivity contribution in [3.05, 3.63) is 102 Å². The smallest absolute Gasteiger partial charge is 0.118 e. The molecule has 0 amide bonds. The van der Waals surface area contributed by atoms with Gasteiger partial charge in [-0.3, -0.25) is 0 Å². The molecule has 186 valence electrons. The van der Waals surface area contributed by atoms with Gasteiger partial charge in [0.15, 0.2) is 0 Å². The van der Waals surface area contributed by atoms with E-state index < -0.39 is 18.3 Å². The lowest BCUT2D eigenvalue weighted by atomic mass is 9.74. The molecule has 1 saturated carbocycles. The molecule has 0 aromatic heterocycles. The van der Waals surface area contributed by atoms with Gasteiger partial charge in [-0.15, -0.1) is 0 Å². The van der Waals surface area contributed by atoms with E-state index >= 15 is 0 Å². The molecule has 6 unspecified atom stereocenters. The molecule has 35 heavy (non-hydrogen) atoms. The Labute approximate surface area is 208 Å². The number of methoxy groups -OCH3 is 1. The Kier molecular flexibility index (Phi) is 8.94. The molecule has 0 aliphatic heterocycles. The minimum absolute atomic E-state index is 0.00242. The molecular formula is C30H36O5. The van der Waals surface area contributed by atoms with Crippen molar-refractivity contribution in [2.75, 3.05) is 7.11 Å². The first kappa shape index (κ1) is 25.4. The molecule has 5 nitrogen and oxygen atoms in total. The summed E-state index contributed by atoms with van der Waals surface area (Å²) < 4.78 is 24.6. The minimum atomic E-state index is -0.661. The van der Waals surface area contributed by atoms with Crippen molar-refractivity contribution in [2.45, 2.75) is 58.1 Å². The number of ether oxygens (including phenoxy) is 4. The van der Waals surface area contributed by atoms with E-state index in [1.54, 1.807) is 7.11 Å². The summed E-state index contributed by atoms with van der Waals surface area (Å²) in [6.07, 6.45) is -1.83. The van der Waals surface area contributed by atoms with E-state index in [-0.39, 0.29) is 17.9 Å². The maximum atomic E-state index is 11.2. The lowest BCUT2D eigenvalue weighted by molar-refractivity contribution is -0.232. The van der Waals surface area contributed by atoms with Crippen LogP contribution in [-0.4, -0.2) is 36.6 Å². The van der Waals surface area contributed by atoms with Crippen LogP contribution in [0.15, 0.2) is 84.9 Å². The Balaban J connectivity index is 1.54. The summed E-state index contributed by atoms with van der Waals surface area (Å²) >= 11 is 0. The van der Waals surface area contributed by atoms with Gasteiger partial charge in [0, 0.05) is 0 Å². The third-order valence-electron chi connectivity index (χ3n) is 7.04. The summed E-state index contributed by atoms with van der Waals surface area (Å²) in [5, 5.41) is 11.2. The highest BCUT2D eigenvalue weighted by molar-refractivity contribution is 5.26. The predicted molar refractivity (Wildman–Crippen MR) is 136 cm³/mol. The van der Waals surface area contributed by atoms with E-state index in [2.05, 4.69) is 26.0 Å². The number of hydrogen-bond donors (Lipinski definition) is 1. The first-order valence-electron chi connectivity index (χ1n) is 12.3. The van der Waals surface area contributed by atoms with Crippen molar-refractivity contribution < 1.29 is 24.1 Å². The number of benzene rings is 3. The van der Waals surface area contributed by atoms with Crippen LogP contribution in [0.2, 0.25) is 0 Å². The number of rotatable bonds is 10. The average Bonchev–Trinajstić information content (AvgIpc) is 2.91. The Morgan fingerprint density at radius 2 is 1.03 bits per heavy atom. The maximum Gasteiger partial charge on any atom is 0.118 e. The number of aliphatic hydroxyl groups is 1. The second-order valence-electron chi connectivity index (χ2n) is 9.35. The molecular weight excluding hydrogens is 440 g/mol. The first-order valence-corrected chi connectivity index (χ1v) is 12.3. The van der Waals surface area contributed by atoms with Crippen LogP contribution in [0.5, 0.6) is 5.75 Å². The molecule has 5 heteroatoms. The third kappa shape index (κ3) is 6.50. The second kappa shape index (κ2) is 12.3. The lowest BCUT2D eigenvalue weighted by Crippen LogP contribution is -2.59. The average molecular weight is 477 g/mol. The summed E-state index contributed by atoms with van der Waals surface area (Å²) in [5.74, 6) is 0.890. The Hall–Kier alpha value is -2.70. The van der Waals surface area contributed by atoms with Gasteiger partial charge in [-0.2, -0.15) is 0 Å². The molecule has 1 aliphatic rings. The van der Waals surface area contributed by atoms with E-state index in [0.717, 1.165) is 22.4 Å². The summed E-state index contributed by atoms with van der Waals surface area (Å²) in [7, 11) is 1.65. The number of hydrogen-bond acceptors (Lipinski definition) is 5. The molecule has 0 bridgehead atoms. The van der Waals surface area contributed by atoms with Crippen molar-refractivity contribution >= 4 is 0 Å². The van der Waals surface area contributed by atoms with E-state index in [9.17, 15) is 5.11 Å². The van der Waals surface area contributed by atoms with Crippen molar-refractivity contribution in [3.8, 4) is 5.75 Å². The van der Waals surface area contributed by atoms with E-state index in [0.29, 0.717) is 19.8 Å². The summed E-state index contributed by atoms with van der Waals surface area (Å²) in [5.41, 5.74) is 3.19. The van der Waals surface area contributed by atoms with Crippen molar-refractivity contribution in [1.29, 1.82) is 0 Å². The van der Waals surface area contributed by atoms with Crippen LogP contribution in [0.4, 0.5) is 0 Å². The summed E-state index contributed by atoms with van der Waals surface area (Å²) in [6.45, 7) is 5.45. The molecule has 6 atom stereocenters. The number of aliphatic hydroxyl groups excluding tert-OH is 1. The fourth-order valence-electron chi connectivity index (χ4n) is 4.67. The molecule has 0 radical (unpaired) electrons. The summed E-state index contributed by atoms with van der Waals surface area (Å²) in [6, 6.07) is 28.0. The highest BCUT2D eigenvalue weighted by atomic mass is 16.6. The maximum absolute atomic E-state index is 11.2. The molecule has 0 saturated heterocycles. The van der Waals surface area contributed by atoms with Crippen LogP contribution in [-0.2, 0) is 34.0 Å². The van der Waals surface area contributed by atoms with Crippen molar-refractivity contribution in [2.24, 2.45) is 11.8 Å². The zero-order valence-corrected chi connectivity index (χ0v) is 20.7. The van der Waals surface area contributed by atoms with Crippen LogP contribution in [0.1, 0.15) is 30.5 Å². The monoisotopic (exact) mass is 476 g/mol. The molecule has 3 aromatic rings. The minimum Gasteiger partial charge on any atom is -0.497 e. The van der Waals surface area contributed by atoms with Gasteiger partial charge in [0.2, 0.25) is 0 Å². The van der Waals surface area contributed by atoms with E-state index in [1.807, 2.05) is 72.8 Å². The zero-order valence-electron chi connectivity index (χ0n) is 20.7. The van der Waals surface area contributed by atoms with Crippen LogP contribution in [0.25, 0.3) is 0 Å². The lowest BCUT2D eigenvalue weighted by Gasteiger charge is -2.47. The summed E-state index contributed by atoms with van der Waals surface area (Å²) in [4.78, 5) is 0. The Morgan fingerprint density at radius 3 is 1.54 bits per heavy atom. The SMILES string of the molecule is COc1ccc(COC2C(OCc3ccccc3)C(C)C(C)C(O)C2OCc2ccccc2)cc1. The van der Waals surface area contributed by atoms with Crippen LogP contribution in [0, 0.1) is 11.8 Å². The Bertz CT molecular complexity index is 950. The highest BCUT2D eigenvalue weighted by Gasteiger charge is 2.49. The first-order chi connectivity index (χ1) is 17.1. The van der Waals surface area contributed by atoms with Crippen LogP contribution < -0.4 is 4.74 Å². The van der Waals surface area contributed by atoms with Gasteiger partial charge in [0.25, 0.3) is 0 Å². The van der Waals surface area contributed by atoms with Gasteiger partial charge >= 0.3 is 0 Å². The predicted octanol–water partition coefficient (Wildman–Crippen LogP) is 5.40. The zero-order chi connectivity index (χ0) is 24.6. The second-order valence-corrected chi connectivity index (χ2v) is 9.35. The molecule has 0 spiro atoms. The Morgan fingerprint density at radius 1 is 0.571 bits per heavy atom. The fraction of sp³-hybridized carbons (Fsp3) is 0.400. The van der Waals surface area contributed by atoms with Gasteiger partial charge in [-0.1, -0.05) is 86.6 Å². The quantitative estimate of drug-likeness (QED) is 0.425. The van der Waals surface area contributed by atoms with Gasteiger partial charge < -0.3 is 24.1 Å². The molecule has 4 rings (SSSR count). The van der Waals surface area contributed by atoms with Gasteiger partial charge in [-0.25, -0.2) is 0 Å². The molecule has 0 heterocycles. The van der Waals surface area contributed by atoms with E-state index in [4.69, 9.17) is 18.9 Å². The van der Waals surface area contributed by atoms with Crippen molar-refractivity contribution in [1.82, 2.24) is 0 Å². The van der Waals surface area contributed by atoms with Gasteiger partial charge in [0.05, 0.1) is 39.1 Å². The standard InChI is InChI=1S/C30H36O5/c1-21-22(2)28(33-18-23-10-6-4-7-11-23)30(35-20-25-14-16-26(32-3)17-15-25)29(27(21)31)34-19-24-12-8-5-9-13-24/h4-17,21-22,27-31H,18-20H2,1-3H3. The van der Waals surface area contributed by atoms with Gasteiger partial charge in [0.1, 0.15) is 18.0 Å². The normalized spacial score (nSPS) is 26.4. The topological polar surface area (TPSA) is 57.2 Å².